The first-order valence-corrected chi connectivity index (χ1v) is 22.0. The molecule has 0 saturated heterocycles. The molecular formula is C46H37N3O5S4. The Labute approximate surface area is 352 Å². The van der Waals surface area contributed by atoms with Crippen molar-refractivity contribution in [1.82, 2.24) is 0 Å². The Bertz CT molecular complexity index is 2500. The molecule has 0 aliphatic carbocycles. The van der Waals surface area contributed by atoms with Gasteiger partial charge in [0.05, 0.1) is 6.61 Å². The molecule has 0 fully saturated rings. The van der Waals surface area contributed by atoms with Crippen molar-refractivity contribution in [1.29, 1.82) is 10.5 Å². The molecule has 4 heterocycles. The molecule has 8 nitrogen and oxygen atoms in total. The molecule has 0 unspecified atom stereocenters. The van der Waals surface area contributed by atoms with Crippen LogP contribution in [0.5, 0.6) is 5.75 Å². The number of anilines is 3. The highest BCUT2D eigenvalue weighted by molar-refractivity contribution is 7.30. The number of rotatable bonds is 17. The summed E-state index contributed by atoms with van der Waals surface area (Å²) < 4.78 is 10.2. The van der Waals surface area contributed by atoms with Gasteiger partial charge in [0.25, 0.3) is 0 Å². The second-order valence-corrected chi connectivity index (χ2v) is 17.9. The van der Waals surface area contributed by atoms with Crippen LogP contribution in [0, 0.1) is 22.7 Å². The zero-order valence-corrected chi connectivity index (χ0v) is 34.7. The fourth-order valence-corrected chi connectivity index (χ4v) is 11.2. The van der Waals surface area contributed by atoms with Gasteiger partial charge in [-0.2, -0.15) is 10.5 Å². The lowest BCUT2D eigenvalue weighted by atomic mass is 10.1. The van der Waals surface area contributed by atoms with E-state index in [1.54, 1.807) is 34.8 Å². The summed E-state index contributed by atoms with van der Waals surface area (Å²) in [5, 5.41) is 36.8. The second kappa shape index (κ2) is 18.5. The Morgan fingerprint density at radius 1 is 0.603 bits per heavy atom. The average molecular weight is 840 g/mol. The summed E-state index contributed by atoms with van der Waals surface area (Å²) >= 11 is 6.18. The number of nitriles is 2. The smallest absolute Gasteiger partial charge is 0.346 e. The van der Waals surface area contributed by atoms with Crippen molar-refractivity contribution in [3.8, 4) is 38.8 Å². The number of aliphatic carboxylic acids is 2. The van der Waals surface area contributed by atoms with Gasteiger partial charge < -0.3 is 19.8 Å². The summed E-state index contributed by atoms with van der Waals surface area (Å²) in [5.41, 5.74) is 4.50. The summed E-state index contributed by atoms with van der Waals surface area (Å²) in [6.45, 7) is 2.92. The lowest BCUT2D eigenvalue weighted by molar-refractivity contribution is -0.133. The first kappa shape index (κ1) is 40.2. The van der Waals surface area contributed by atoms with E-state index in [0.29, 0.717) is 6.61 Å². The zero-order chi connectivity index (χ0) is 40.6. The van der Waals surface area contributed by atoms with Gasteiger partial charge in [-0.15, -0.1) is 45.3 Å². The number of ether oxygens (including phenoxy) is 1. The van der Waals surface area contributed by atoms with Gasteiger partial charge in [0.1, 0.15) is 29.0 Å². The van der Waals surface area contributed by atoms with Gasteiger partial charge in [0, 0.05) is 55.4 Å². The fourth-order valence-electron chi connectivity index (χ4n) is 6.46. The molecule has 0 aliphatic heterocycles. The molecule has 58 heavy (non-hydrogen) atoms. The third kappa shape index (κ3) is 9.39. The number of hydrogen-bond donors (Lipinski definition) is 2. The minimum atomic E-state index is -1.23. The van der Waals surface area contributed by atoms with E-state index in [1.165, 1.54) is 66.9 Å². The number of unbranched alkanes of at least 4 members (excludes halogenated alkanes) is 5. The lowest BCUT2D eigenvalue weighted by Crippen LogP contribution is -2.10. The van der Waals surface area contributed by atoms with E-state index in [-0.39, 0.29) is 11.1 Å². The maximum absolute atomic E-state index is 11.3. The average Bonchev–Trinajstić information content (AvgIpc) is 4.00. The van der Waals surface area contributed by atoms with Gasteiger partial charge in [0.15, 0.2) is 0 Å². The summed E-state index contributed by atoms with van der Waals surface area (Å²) in [6.07, 6.45) is 10.1. The number of benzene rings is 3. The quantitative estimate of drug-likeness (QED) is 0.0526. The van der Waals surface area contributed by atoms with Crippen LogP contribution in [-0.2, 0) is 9.59 Å². The molecule has 0 spiro atoms. The molecular weight excluding hydrogens is 803 g/mol. The zero-order valence-electron chi connectivity index (χ0n) is 31.4. The fraction of sp³-hybridized carbons (Fsp3) is 0.174. The largest absolute Gasteiger partial charge is 0.494 e. The van der Waals surface area contributed by atoms with Crippen LogP contribution < -0.4 is 9.64 Å². The molecule has 7 aromatic rings. The van der Waals surface area contributed by atoms with Crippen molar-refractivity contribution in [3.63, 3.8) is 0 Å². The number of carbonyl (C=O) groups is 2. The van der Waals surface area contributed by atoms with Crippen molar-refractivity contribution < 1.29 is 24.5 Å². The SMILES string of the molecule is CCCCCCCCOc1ccc(N(c2ccc(-c3cc4sc(/C=C(\C#N)C(=O)O)cc4s3)cc2)c2ccc(-c3cc4sc(/C=C(\C#N)C(=O)O)cc4s3)cc2)cc1. The van der Waals surface area contributed by atoms with Crippen molar-refractivity contribution in [2.45, 2.75) is 45.4 Å². The van der Waals surface area contributed by atoms with Gasteiger partial charge in [-0.05, 0) is 102 Å². The number of thiophene rings is 4. The Kier molecular flexibility index (Phi) is 12.8. The summed E-state index contributed by atoms with van der Waals surface area (Å²) in [4.78, 5) is 28.5. The van der Waals surface area contributed by atoms with Gasteiger partial charge in [-0.25, -0.2) is 9.59 Å². The van der Waals surface area contributed by atoms with E-state index in [9.17, 15) is 19.8 Å². The van der Waals surface area contributed by atoms with Gasteiger partial charge >= 0.3 is 11.9 Å². The predicted octanol–water partition coefficient (Wildman–Crippen LogP) is 13.8. The molecule has 0 amide bonds. The Balaban J connectivity index is 1.13. The van der Waals surface area contributed by atoms with Crippen LogP contribution in [0.2, 0.25) is 0 Å². The van der Waals surface area contributed by atoms with Crippen molar-refractivity contribution in [3.05, 3.63) is 118 Å². The molecule has 4 aromatic heterocycles. The maximum Gasteiger partial charge on any atom is 0.346 e. The van der Waals surface area contributed by atoms with Crippen LogP contribution >= 0.6 is 45.3 Å². The van der Waals surface area contributed by atoms with E-state index in [4.69, 9.17) is 15.3 Å². The predicted molar refractivity (Wildman–Crippen MR) is 240 cm³/mol. The van der Waals surface area contributed by atoms with E-state index in [0.717, 1.165) is 78.7 Å². The van der Waals surface area contributed by atoms with Crippen LogP contribution in [0.4, 0.5) is 17.1 Å². The van der Waals surface area contributed by atoms with E-state index in [1.807, 2.05) is 24.3 Å². The number of fused-ring (bicyclic) bond motifs is 2. The molecule has 7 rings (SSSR count). The normalized spacial score (nSPS) is 11.8. The molecule has 0 atom stereocenters. The van der Waals surface area contributed by atoms with Crippen molar-refractivity contribution in [2.75, 3.05) is 11.5 Å². The second-order valence-electron chi connectivity index (χ2n) is 13.5. The highest BCUT2D eigenvalue weighted by Gasteiger charge is 2.17. The van der Waals surface area contributed by atoms with Gasteiger partial charge in [-0.3, -0.25) is 0 Å². The van der Waals surface area contributed by atoms with Crippen LogP contribution in [0.3, 0.4) is 0 Å². The monoisotopic (exact) mass is 839 g/mol. The van der Waals surface area contributed by atoms with Crippen LogP contribution in [-0.4, -0.2) is 28.8 Å². The van der Waals surface area contributed by atoms with E-state index in [2.05, 4.69) is 84.6 Å². The maximum atomic E-state index is 11.3. The first-order valence-electron chi connectivity index (χ1n) is 18.7. The summed E-state index contributed by atoms with van der Waals surface area (Å²) in [5.74, 6) is -1.63. The molecule has 290 valence electrons. The molecule has 0 radical (unpaired) electrons. The third-order valence-electron chi connectivity index (χ3n) is 9.41. The highest BCUT2D eigenvalue weighted by Crippen LogP contribution is 2.43. The standard InChI is InChI=1S/C46H37N3O5S4/c1-2-3-4-5-6-7-20-54-36-18-16-35(17-19-36)49(33-12-8-29(9-13-33)39-25-43-41(57-39)23-37(55-43)21-31(27-47)45(50)51)34-14-10-30(11-15-34)40-26-44-42(58-40)24-38(56-44)22-32(28-48)46(52)53/h8-19,21-26H,2-7,20H2,1H3,(H,50,51)(H,52,53)/b31-21+,32-22+. The van der Waals surface area contributed by atoms with E-state index < -0.39 is 11.9 Å². The summed E-state index contributed by atoms with van der Waals surface area (Å²) in [7, 11) is 0. The van der Waals surface area contributed by atoms with Crippen molar-refractivity contribution in [2.24, 2.45) is 0 Å². The van der Waals surface area contributed by atoms with Gasteiger partial charge in [0.2, 0.25) is 0 Å². The molecule has 0 aliphatic rings. The highest BCUT2D eigenvalue weighted by atomic mass is 32.1. The topological polar surface area (TPSA) is 135 Å². The van der Waals surface area contributed by atoms with Crippen molar-refractivity contribution >= 4 is 105 Å². The lowest BCUT2D eigenvalue weighted by Gasteiger charge is -2.26. The molecule has 12 heteroatoms. The van der Waals surface area contributed by atoms with Crippen LogP contribution in [0.25, 0.3) is 51.8 Å². The summed E-state index contributed by atoms with van der Waals surface area (Å²) in [6, 6.07) is 36.7. The Morgan fingerprint density at radius 2 is 1.02 bits per heavy atom. The molecule has 0 saturated carbocycles. The molecule has 3 aromatic carbocycles. The van der Waals surface area contributed by atoms with Gasteiger partial charge in [-0.1, -0.05) is 63.3 Å². The minimum Gasteiger partial charge on any atom is -0.494 e. The number of hydrogen-bond acceptors (Lipinski definition) is 10. The third-order valence-corrected chi connectivity index (χ3v) is 14.0. The number of nitrogens with zero attached hydrogens (tertiary/aromatic N) is 3. The number of carboxylic acids is 2. The van der Waals surface area contributed by atoms with Crippen LogP contribution in [0.1, 0.15) is 55.2 Å². The minimum absolute atomic E-state index is 0.287. The Hall–Kier alpha value is -6.02. The van der Waals surface area contributed by atoms with Crippen LogP contribution in [0.15, 0.2) is 108 Å². The molecule has 2 N–H and O–H groups in total. The van der Waals surface area contributed by atoms with E-state index >= 15 is 0 Å². The number of carboxylic acid groups (broad SMARTS) is 2. The first-order chi connectivity index (χ1) is 28.2. The Morgan fingerprint density at radius 3 is 1.43 bits per heavy atom. The molecule has 0 bridgehead atoms.